The fourth-order valence-corrected chi connectivity index (χ4v) is 33.0. The molecule has 0 saturated heterocycles. The lowest BCUT2D eigenvalue weighted by atomic mass is 9.55. The molecule has 19 rings (SSSR count). The molecule has 2 aromatic carbocycles. The van der Waals surface area contributed by atoms with E-state index in [2.05, 4.69) is 66.7 Å². The van der Waals surface area contributed by atoms with Gasteiger partial charge in [0.05, 0.1) is 0 Å². The first-order chi connectivity index (χ1) is 29.8. The summed E-state index contributed by atoms with van der Waals surface area (Å²) in [6.45, 7) is 0. The highest BCUT2D eigenvalue weighted by Gasteiger charge is 2.65. The van der Waals surface area contributed by atoms with Crippen LogP contribution in [0.15, 0.2) is 77.9 Å². The van der Waals surface area contributed by atoms with Crippen LogP contribution in [0, 0.1) is 71.0 Å². The van der Waals surface area contributed by atoms with Gasteiger partial charge in [-0.25, -0.2) is 0 Å². The van der Waals surface area contributed by atoms with E-state index in [0.29, 0.717) is 26.5 Å². The van der Waals surface area contributed by atoms with Gasteiger partial charge in [-0.3, -0.25) is 0 Å². The zero-order valence-corrected chi connectivity index (χ0v) is 39.4. The largest absolute Gasteiger partial charge is 0.0897 e. The molecule has 322 valence electrons. The first-order valence-electron chi connectivity index (χ1n) is 26.9. The van der Waals surface area contributed by atoms with Crippen LogP contribution in [0.1, 0.15) is 171 Å². The summed E-state index contributed by atoms with van der Waals surface area (Å²) < 4.78 is 0. The van der Waals surface area contributed by atoms with Crippen molar-refractivity contribution in [3.8, 4) is 0 Å². The third-order valence-electron chi connectivity index (χ3n) is 22.6. The van der Waals surface area contributed by atoms with Crippen LogP contribution in [0.5, 0.6) is 0 Å². The van der Waals surface area contributed by atoms with Gasteiger partial charge >= 0.3 is 0 Å². The second-order valence-electron chi connectivity index (χ2n) is 26.6. The van der Waals surface area contributed by atoms with Gasteiger partial charge in [-0.15, -0.1) is 0 Å². The molecule has 2 aromatic rings. The smallest absolute Gasteiger partial charge is 0.0314 e. The monoisotopic (exact) mass is 847 g/mol. The molecule has 0 heterocycles. The molecular weight excluding hydrogens is 771 g/mol. The van der Waals surface area contributed by atoms with E-state index in [0.717, 1.165) is 71.0 Å². The highest BCUT2D eigenvalue weighted by Crippen LogP contribution is 2.82. The van der Waals surface area contributed by atoms with Gasteiger partial charge < -0.3 is 0 Å². The average Bonchev–Trinajstić information content (AvgIpc) is 3.58. The number of allylic oxidation sites excluding steroid dienone is 4. The molecule has 0 aromatic heterocycles. The number of hydrogen-bond acceptors (Lipinski definition) is 0. The molecule has 0 N–H and O–H groups in total. The Balaban J connectivity index is 0.921. The van der Waals surface area contributed by atoms with E-state index < -0.39 is 0 Å². The average molecular weight is 847 g/mol. The Labute approximate surface area is 372 Å². The van der Waals surface area contributed by atoms with E-state index in [1.54, 1.807) is 165 Å². The Morgan fingerprint density at radius 3 is 0.984 bits per heavy atom. The Bertz CT molecular complexity index is 1890. The van der Waals surface area contributed by atoms with Crippen molar-refractivity contribution in [3.05, 3.63) is 89.0 Å². The molecular formula is C59H76P2. The Hall–Kier alpha value is -1.22. The minimum absolute atomic E-state index is 0.0967. The van der Waals surface area contributed by atoms with Gasteiger partial charge in [0.15, 0.2) is 0 Å². The first kappa shape index (κ1) is 37.9. The van der Waals surface area contributed by atoms with Gasteiger partial charge in [0.2, 0.25) is 0 Å². The molecule has 61 heavy (non-hydrogen) atoms. The second-order valence-corrected chi connectivity index (χ2v) is 32.7. The van der Waals surface area contributed by atoms with Crippen LogP contribution in [0.4, 0.5) is 0 Å². The minimum atomic E-state index is -0.115. The van der Waals surface area contributed by atoms with Crippen LogP contribution < -0.4 is 0 Å². The third-order valence-corrected chi connectivity index (χ3v) is 30.7. The molecule has 17 aliphatic rings. The van der Waals surface area contributed by atoms with E-state index in [1.165, 1.54) is 17.9 Å². The van der Waals surface area contributed by atoms with Crippen molar-refractivity contribution in [1.82, 2.24) is 0 Å². The number of benzene rings is 2. The maximum atomic E-state index is 2.99. The molecule has 2 heteroatoms. The summed E-state index contributed by atoms with van der Waals surface area (Å²) in [6.07, 6.45) is 44.9. The molecule has 1 atom stereocenters. The molecule has 0 aliphatic heterocycles. The molecule has 17 aliphatic carbocycles. The lowest BCUT2D eigenvalue weighted by molar-refractivity contribution is 0.0184. The maximum absolute atomic E-state index is 2.99. The van der Waals surface area contributed by atoms with Crippen molar-refractivity contribution in [1.29, 1.82) is 0 Å². The fourth-order valence-electron chi connectivity index (χ4n) is 22.6. The first-order valence-corrected chi connectivity index (χ1v) is 30.0. The number of hydrogen-bond donors (Lipinski definition) is 0. The zero-order chi connectivity index (χ0) is 39.7. The van der Waals surface area contributed by atoms with Gasteiger partial charge in [0, 0.05) is 5.92 Å². The highest BCUT2D eigenvalue weighted by molar-refractivity contribution is 7.62. The molecule has 16 bridgehead atoms. The van der Waals surface area contributed by atoms with Gasteiger partial charge in [-0.05, 0) is 280 Å². The number of rotatable bonds is 10. The van der Waals surface area contributed by atoms with Gasteiger partial charge in [-0.1, -0.05) is 88.2 Å². The lowest BCUT2D eigenvalue weighted by Crippen LogP contribution is -2.57. The molecule has 0 nitrogen and oxygen atoms in total. The summed E-state index contributed by atoms with van der Waals surface area (Å²) >= 11 is 0. The normalized spacial score (nSPS) is 51.1. The molecule has 0 radical (unpaired) electrons. The predicted octanol–water partition coefficient (Wildman–Crippen LogP) is 16.0. The standard InChI is InChI=1S/C59H76P2/c1-3-7-50(8-4-1)53-23-52(36-60(56-24-38-11-39(25-56)13-40(12-38)26-56)57-27-41-14-42(28-57)16-43(15-41)29-57)54(55(53)51-9-5-2-6-10-51)37-61(58-30-44-17-45(31-58)19-46(18-44)32-58)59-33-47-20-48(34-59)22-49(21-47)35-59/h1-10,23,38-49,55H,11-22,24-37H2. The summed E-state index contributed by atoms with van der Waals surface area (Å²) in [4.78, 5) is 0. The zero-order valence-electron chi connectivity index (χ0n) is 37.6. The SMILES string of the molecule is C1=C(c2ccccc2)C(c2ccccc2)C(CP(C23CC4CC(CC(C4)C2)C3)C23CC4CC(CC(C4)C2)C3)=C1CP(C12CC3CC(CC(C3)C1)C2)C12CC3CC(CC(C3)C1)C2. The Morgan fingerprint density at radius 2 is 0.656 bits per heavy atom. The summed E-state index contributed by atoms with van der Waals surface area (Å²) in [7, 11) is -0.211. The van der Waals surface area contributed by atoms with Crippen molar-refractivity contribution >= 4 is 21.4 Å². The van der Waals surface area contributed by atoms with Gasteiger partial charge in [-0.2, -0.15) is 0 Å². The van der Waals surface area contributed by atoms with E-state index in [1.807, 2.05) is 11.1 Å². The summed E-state index contributed by atoms with van der Waals surface area (Å²) in [5, 5.41) is 2.72. The quantitative estimate of drug-likeness (QED) is 0.209. The summed E-state index contributed by atoms with van der Waals surface area (Å²) in [5.74, 6) is 13.2. The van der Waals surface area contributed by atoms with Gasteiger partial charge in [0.25, 0.3) is 0 Å². The van der Waals surface area contributed by atoms with Crippen molar-refractivity contribution in [2.24, 2.45) is 71.0 Å². The van der Waals surface area contributed by atoms with Crippen LogP contribution in [0.3, 0.4) is 0 Å². The Kier molecular flexibility index (Phi) is 8.51. The summed E-state index contributed by atoms with van der Waals surface area (Å²) in [5.41, 5.74) is 8.86. The predicted molar refractivity (Wildman–Crippen MR) is 258 cm³/mol. The minimum Gasteiger partial charge on any atom is -0.0897 e. The molecule has 1 unspecified atom stereocenters. The van der Waals surface area contributed by atoms with Crippen molar-refractivity contribution in [3.63, 3.8) is 0 Å². The van der Waals surface area contributed by atoms with Crippen molar-refractivity contribution in [2.75, 3.05) is 12.3 Å². The molecule has 0 amide bonds. The van der Waals surface area contributed by atoms with Crippen molar-refractivity contribution < 1.29 is 0 Å². The fraction of sp³-hybridized carbons (Fsp3) is 0.729. The second kappa shape index (κ2) is 13.7. The maximum Gasteiger partial charge on any atom is 0.0314 e. The lowest BCUT2D eigenvalue weighted by Gasteiger charge is -2.68. The van der Waals surface area contributed by atoms with E-state index in [4.69, 9.17) is 0 Å². The van der Waals surface area contributed by atoms with E-state index in [9.17, 15) is 0 Å². The van der Waals surface area contributed by atoms with E-state index in [-0.39, 0.29) is 15.8 Å². The summed E-state index contributed by atoms with van der Waals surface area (Å²) in [6, 6.07) is 24.4. The Morgan fingerprint density at radius 1 is 0.361 bits per heavy atom. The topological polar surface area (TPSA) is 0 Å². The third kappa shape index (κ3) is 5.93. The van der Waals surface area contributed by atoms with Crippen LogP contribution >= 0.6 is 15.8 Å². The molecule has 0 spiro atoms. The molecule has 16 saturated carbocycles. The van der Waals surface area contributed by atoms with Gasteiger partial charge in [0.1, 0.15) is 0 Å². The van der Waals surface area contributed by atoms with Crippen LogP contribution in [-0.4, -0.2) is 32.9 Å². The van der Waals surface area contributed by atoms with Crippen LogP contribution in [0.2, 0.25) is 0 Å². The highest BCUT2D eigenvalue weighted by atomic mass is 31.1. The molecule has 16 fully saturated rings. The van der Waals surface area contributed by atoms with E-state index >= 15 is 0 Å². The van der Waals surface area contributed by atoms with Crippen LogP contribution in [-0.2, 0) is 0 Å². The van der Waals surface area contributed by atoms with Crippen molar-refractivity contribution in [2.45, 2.75) is 181 Å². The van der Waals surface area contributed by atoms with Crippen LogP contribution in [0.25, 0.3) is 5.57 Å².